The van der Waals surface area contributed by atoms with E-state index in [9.17, 15) is 9.59 Å². The van der Waals surface area contributed by atoms with E-state index in [1.807, 2.05) is 0 Å². The van der Waals surface area contributed by atoms with Crippen LogP contribution in [0.3, 0.4) is 0 Å². The average molecular weight is 221 g/mol. The van der Waals surface area contributed by atoms with Gasteiger partial charge in [0, 0.05) is 6.42 Å². The topological polar surface area (TPSA) is 86.6 Å². The number of carbonyl (C=O) groups is 2. The number of hydrogen-bond acceptors (Lipinski definition) is 3. The molecule has 1 heterocycles. The van der Waals surface area contributed by atoms with Gasteiger partial charge in [0.15, 0.2) is 0 Å². The van der Waals surface area contributed by atoms with Gasteiger partial charge in [0.2, 0.25) is 5.91 Å². The van der Waals surface area contributed by atoms with Crippen molar-refractivity contribution in [3.05, 3.63) is 29.8 Å². The van der Waals surface area contributed by atoms with Crippen molar-refractivity contribution in [2.24, 2.45) is 5.92 Å². The van der Waals surface area contributed by atoms with E-state index in [0.29, 0.717) is 5.56 Å². The summed E-state index contributed by atoms with van der Waals surface area (Å²) >= 11 is 0. The highest BCUT2D eigenvalue weighted by Gasteiger charge is 2.38. The molecule has 1 saturated heterocycles. The Morgan fingerprint density at radius 3 is 2.50 bits per heavy atom. The Morgan fingerprint density at radius 2 is 1.94 bits per heavy atom. The Kier molecular flexibility index (Phi) is 2.52. The molecule has 1 aliphatic rings. The fourth-order valence-electron chi connectivity index (χ4n) is 1.88. The van der Waals surface area contributed by atoms with E-state index < -0.39 is 17.9 Å². The van der Waals surface area contributed by atoms with Crippen LogP contribution in [-0.2, 0) is 9.59 Å². The van der Waals surface area contributed by atoms with Gasteiger partial charge in [0.25, 0.3) is 0 Å². The highest BCUT2D eigenvalue weighted by molar-refractivity contribution is 5.87. The molecule has 0 spiro atoms. The third-order valence-corrected chi connectivity index (χ3v) is 2.69. The van der Waals surface area contributed by atoms with Gasteiger partial charge in [0.1, 0.15) is 5.75 Å². The minimum atomic E-state index is -0.989. The number of amides is 1. The Morgan fingerprint density at radius 1 is 1.31 bits per heavy atom. The second-order valence-corrected chi connectivity index (χ2v) is 3.79. The van der Waals surface area contributed by atoms with Gasteiger partial charge in [-0.05, 0) is 17.7 Å². The zero-order valence-electron chi connectivity index (χ0n) is 8.38. The summed E-state index contributed by atoms with van der Waals surface area (Å²) < 4.78 is 0. The lowest BCUT2D eigenvalue weighted by molar-refractivity contribution is -0.142. The second-order valence-electron chi connectivity index (χ2n) is 3.79. The number of phenols is 1. The third kappa shape index (κ3) is 1.84. The van der Waals surface area contributed by atoms with Crippen molar-refractivity contribution >= 4 is 11.9 Å². The minimum absolute atomic E-state index is 0.000869. The zero-order valence-corrected chi connectivity index (χ0v) is 8.38. The molecule has 1 aromatic carbocycles. The van der Waals surface area contributed by atoms with Crippen molar-refractivity contribution in [2.75, 3.05) is 0 Å². The lowest BCUT2D eigenvalue weighted by Crippen LogP contribution is -2.24. The lowest BCUT2D eigenvalue weighted by atomic mass is 9.94. The summed E-state index contributed by atoms with van der Waals surface area (Å²) in [4.78, 5) is 22.1. The molecule has 16 heavy (non-hydrogen) atoms. The summed E-state index contributed by atoms with van der Waals surface area (Å²) in [6.07, 6.45) is 0.000869. The minimum Gasteiger partial charge on any atom is -0.508 e. The molecule has 0 bridgehead atoms. The number of hydrogen-bond donors (Lipinski definition) is 3. The summed E-state index contributed by atoms with van der Waals surface area (Å²) in [6.45, 7) is 0. The Bertz CT molecular complexity index is 426. The Balaban J connectivity index is 2.28. The summed E-state index contributed by atoms with van der Waals surface area (Å²) in [6, 6.07) is 5.66. The highest BCUT2D eigenvalue weighted by atomic mass is 16.4. The Labute approximate surface area is 91.7 Å². The number of rotatable bonds is 2. The van der Waals surface area contributed by atoms with Gasteiger partial charge >= 0.3 is 5.97 Å². The molecule has 5 nitrogen and oxygen atoms in total. The first-order valence-corrected chi connectivity index (χ1v) is 4.89. The van der Waals surface area contributed by atoms with E-state index in [0.717, 1.165) is 0 Å². The molecule has 2 rings (SSSR count). The number of aromatic hydroxyl groups is 1. The fraction of sp³-hybridized carbons (Fsp3) is 0.273. The number of aliphatic carboxylic acids is 1. The molecular weight excluding hydrogens is 210 g/mol. The van der Waals surface area contributed by atoms with E-state index in [2.05, 4.69) is 5.32 Å². The van der Waals surface area contributed by atoms with E-state index in [4.69, 9.17) is 10.2 Å². The van der Waals surface area contributed by atoms with Gasteiger partial charge in [0.05, 0.1) is 12.0 Å². The molecule has 0 aromatic heterocycles. The maximum Gasteiger partial charge on any atom is 0.309 e. The van der Waals surface area contributed by atoms with Crippen LogP contribution in [0.1, 0.15) is 18.0 Å². The number of carboxylic acids is 1. The van der Waals surface area contributed by atoms with Crippen molar-refractivity contribution in [3.8, 4) is 5.75 Å². The molecule has 5 heteroatoms. The molecule has 84 valence electrons. The smallest absolute Gasteiger partial charge is 0.309 e. The highest BCUT2D eigenvalue weighted by Crippen LogP contribution is 2.31. The van der Waals surface area contributed by atoms with Gasteiger partial charge < -0.3 is 15.5 Å². The predicted octanol–water partition coefficient (Wildman–Crippen LogP) is 0.654. The van der Waals surface area contributed by atoms with E-state index in [1.165, 1.54) is 12.1 Å². The molecule has 1 fully saturated rings. The molecule has 1 aromatic rings. The van der Waals surface area contributed by atoms with Crippen molar-refractivity contribution in [1.29, 1.82) is 0 Å². The van der Waals surface area contributed by atoms with Gasteiger partial charge in [-0.1, -0.05) is 12.1 Å². The molecule has 0 saturated carbocycles. The molecular formula is C11H11NO4. The van der Waals surface area contributed by atoms with Gasteiger partial charge in [-0.3, -0.25) is 9.59 Å². The van der Waals surface area contributed by atoms with Crippen LogP contribution in [0.25, 0.3) is 0 Å². The van der Waals surface area contributed by atoms with Gasteiger partial charge in [-0.2, -0.15) is 0 Å². The van der Waals surface area contributed by atoms with Gasteiger partial charge in [-0.25, -0.2) is 0 Å². The fourth-order valence-corrected chi connectivity index (χ4v) is 1.88. The summed E-state index contributed by atoms with van der Waals surface area (Å²) in [5.41, 5.74) is 0.691. The first kappa shape index (κ1) is 10.5. The molecule has 3 N–H and O–H groups in total. The van der Waals surface area contributed by atoms with Crippen molar-refractivity contribution in [3.63, 3.8) is 0 Å². The first-order chi connectivity index (χ1) is 7.58. The SMILES string of the molecule is O=C1C[C@H](C(=O)O)[C@@H](c2ccc(O)cc2)N1. The van der Waals surface area contributed by atoms with Crippen molar-refractivity contribution < 1.29 is 19.8 Å². The lowest BCUT2D eigenvalue weighted by Gasteiger charge is -2.15. The second kappa shape index (κ2) is 3.84. The quantitative estimate of drug-likeness (QED) is 0.684. The van der Waals surface area contributed by atoms with E-state index in [-0.39, 0.29) is 18.1 Å². The van der Waals surface area contributed by atoms with Crippen LogP contribution in [0.2, 0.25) is 0 Å². The number of benzene rings is 1. The maximum absolute atomic E-state index is 11.2. The molecule has 0 radical (unpaired) electrons. The zero-order chi connectivity index (χ0) is 11.7. The summed E-state index contributed by atoms with van der Waals surface area (Å²) in [5, 5.41) is 20.7. The van der Waals surface area contributed by atoms with Crippen LogP contribution in [0.5, 0.6) is 5.75 Å². The van der Waals surface area contributed by atoms with E-state index in [1.54, 1.807) is 12.1 Å². The summed E-state index contributed by atoms with van der Waals surface area (Å²) in [5.74, 6) is -1.88. The van der Waals surface area contributed by atoms with Crippen LogP contribution >= 0.6 is 0 Å². The van der Waals surface area contributed by atoms with Crippen LogP contribution in [0.4, 0.5) is 0 Å². The first-order valence-electron chi connectivity index (χ1n) is 4.89. The maximum atomic E-state index is 11.2. The number of nitrogens with one attached hydrogen (secondary N) is 1. The van der Waals surface area contributed by atoms with Crippen LogP contribution in [0, 0.1) is 5.92 Å². The molecule has 0 aliphatic carbocycles. The van der Waals surface area contributed by atoms with Crippen molar-refractivity contribution in [1.82, 2.24) is 5.32 Å². The van der Waals surface area contributed by atoms with E-state index >= 15 is 0 Å². The molecule has 2 atom stereocenters. The molecule has 1 amide bonds. The normalized spacial score (nSPS) is 24.1. The Hall–Kier alpha value is -2.04. The number of carbonyl (C=O) groups excluding carboxylic acids is 1. The van der Waals surface area contributed by atoms with Crippen molar-refractivity contribution in [2.45, 2.75) is 12.5 Å². The average Bonchev–Trinajstić information content (AvgIpc) is 2.61. The van der Waals surface area contributed by atoms with Crippen LogP contribution in [-0.4, -0.2) is 22.1 Å². The van der Waals surface area contributed by atoms with Gasteiger partial charge in [-0.15, -0.1) is 0 Å². The largest absolute Gasteiger partial charge is 0.508 e. The third-order valence-electron chi connectivity index (χ3n) is 2.69. The molecule has 1 aliphatic heterocycles. The monoisotopic (exact) mass is 221 g/mol. The molecule has 0 unspecified atom stereocenters. The van der Waals surface area contributed by atoms with Crippen LogP contribution < -0.4 is 5.32 Å². The van der Waals surface area contributed by atoms with Crippen LogP contribution in [0.15, 0.2) is 24.3 Å². The number of carboxylic acid groups (broad SMARTS) is 1. The standard InChI is InChI=1S/C11H11NO4/c13-7-3-1-6(2-4-7)10-8(11(15)16)5-9(14)12-10/h1-4,8,10,13H,5H2,(H,12,14)(H,15,16)/t8-,10+/m0/s1. The summed E-state index contributed by atoms with van der Waals surface area (Å²) in [7, 11) is 0. The predicted molar refractivity (Wildman–Crippen MR) is 54.7 cm³/mol. The number of phenolic OH excluding ortho intramolecular Hbond substituents is 1.